The van der Waals surface area contributed by atoms with Crippen molar-refractivity contribution in [1.29, 1.82) is 0 Å². The predicted octanol–water partition coefficient (Wildman–Crippen LogP) is 4.27. The minimum absolute atomic E-state index is 0.0377. The molecule has 23 heavy (non-hydrogen) atoms. The molecule has 0 heterocycles. The summed E-state index contributed by atoms with van der Waals surface area (Å²) in [5, 5.41) is 3.88. The SMILES string of the molecule is COc1ccc(C(=O)N[C@@H]2[C@@H](c3ccc(Cl)cc3)C2(C)C)cc1. The Morgan fingerprint density at radius 2 is 1.70 bits per heavy atom. The van der Waals surface area contributed by atoms with Crippen molar-refractivity contribution in [2.75, 3.05) is 7.11 Å². The molecule has 0 unspecified atom stereocenters. The maximum Gasteiger partial charge on any atom is 0.251 e. The van der Waals surface area contributed by atoms with Crippen molar-refractivity contribution in [3.05, 3.63) is 64.7 Å². The quantitative estimate of drug-likeness (QED) is 0.909. The van der Waals surface area contributed by atoms with Gasteiger partial charge in [-0.2, -0.15) is 0 Å². The first-order chi connectivity index (χ1) is 10.9. The number of hydrogen-bond acceptors (Lipinski definition) is 2. The zero-order valence-corrected chi connectivity index (χ0v) is 14.2. The van der Waals surface area contributed by atoms with E-state index in [1.165, 1.54) is 5.56 Å². The van der Waals surface area contributed by atoms with E-state index in [4.69, 9.17) is 16.3 Å². The maximum atomic E-state index is 12.4. The molecule has 3 rings (SSSR count). The van der Waals surface area contributed by atoms with Crippen molar-refractivity contribution in [2.24, 2.45) is 5.41 Å². The molecule has 1 aliphatic carbocycles. The van der Waals surface area contributed by atoms with E-state index in [0.717, 1.165) is 10.8 Å². The van der Waals surface area contributed by atoms with Crippen LogP contribution in [0.4, 0.5) is 0 Å². The molecule has 0 aromatic heterocycles. The zero-order chi connectivity index (χ0) is 16.6. The van der Waals surface area contributed by atoms with Crippen LogP contribution in [0.15, 0.2) is 48.5 Å². The van der Waals surface area contributed by atoms with Gasteiger partial charge < -0.3 is 10.1 Å². The molecule has 2 aromatic rings. The van der Waals surface area contributed by atoms with Gasteiger partial charge in [0.05, 0.1) is 7.11 Å². The molecular weight excluding hydrogens is 310 g/mol. The fourth-order valence-corrected chi connectivity index (χ4v) is 3.29. The Hall–Kier alpha value is -2.00. The molecule has 4 heteroatoms. The number of halogens is 1. The normalized spacial score (nSPS) is 21.6. The molecule has 1 saturated carbocycles. The molecule has 2 atom stereocenters. The standard InChI is InChI=1S/C19H20ClNO2/c1-19(2)16(12-4-8-14(20)9-5-12)17(19)21-18(22)13-6-10-15(23-3)11-7-13/h4-11,16-17H,1-3H3,(H,21,22)/t16-,17-/m1/s1. The third kappa shape index (κ3) is 3.06. The van der Waals surface area contributed by atoms with Crippen molar-refractivity contribution >= 4 is 17.5 Å². The Kier molecular flexibility index (Phi) is 4.07. The summed E-state index contributed by atoms with van der Waals surface area (Å²) >= 11 is 5.95. The van der Waals surface area contributed by atoms with Crippen LogP contribution in [-0.4, -0.2) is 19.1 Å². The minimum atomic E-state index is -0.0535. The van der Waals surface area contributed by atoms with Crippen LogP contribution >= 0.6 is 11.6 Å². The Bertz CT molecular complexity index is 707. The summed E-state index contributed by atoms with van der Waals surface area (Å²) < 4.78 is 5.12. The van der Waals surface area contributed by atoms with E-state index in [1.807, 2.05) is 24.3 Å². The number of benzene rings is 2. The average Bonchev–Trinajstić information content (AvgIpc) is 3.08. The summed E-state index contributed by atoms with van der Waals surface area (Å²) in [6, 6.07) is 15.1. The zero-order valence-electron chi connectivity index (χ0n) is 13.5. The Morgan fingerprint density at radius 3 is 2.26 bits per heavy atom. The van der Waals surface area contributed by atoms with Crippen LogP contribution in [0.3, 0.4) is 0 Å². The van der Waals surface area contributed by atoms with Gasteiger partial charge in [-0.25, -0.2) is 0 Å². The molecule has 0 bridgehead atoms. The van der Waals surface area contributed by atoms with E-state index in [1.54, 1.807) is 31.4 Å². The number of rotatable bonds is 4. The van der Waals surface area contributed by atoms with Gasteiger partial charge in [0.15, 0.2) is 0 Å². The number of methoxy groups -OCH3 is 1. The minimum Gasteiger partial charge on any atom is -0.497 e. The highest BCUT2D eigenvalue weighted by Crippen LogP contribution is 2.58. The van der Waals surface area contributed by atoms with E-state index in [0.29, 0.717) is 11.5 Å². The first kappa shape index (κ1) is 15.9. The summed E-state index contributed by atoms with van der Waals surface area (Å²) in [5.74, 6) is 0.997. The molecule has 1 fully saturated rings. The van der Waals surface area contributed by atoms with Gasteiger partial charge in [-0.15, -0.1) is 0 Å². The first-order valence-electron chi connectivity index (χ1n) is 7.64. The number of nitrogens with one attached hydrogen (secondary N) is 1. The molecule has 0 saturated heterocycles. The van der Waals surface area contributed by atoms with Crippen LogP contribution in [0.5, 0.6) is 5.75 Å². The van der Waals surface area contributed by atoms with Gasteiger partial charge in [0, 0.05) is 22.5 Å². The van der Waals surface area contributed by atoms with Gasteiger partial charge >= 0.3 is 0 Å². The summed E-state index contributed by atoms with van der Waals surface area (Å²) in [7, 11) is 1.61. The highest BCUT2D eigenvalue weighted by Gasteiger charge is 2.59. The largest absolute Gasteiger partial charge is 0.497 e. The van der Waals surface area contributed by atoms with Crippen molar-refractivity contribution in [1.82, 2.24) is 5.32 Å². The Labute approximate surface area is 141 Å². The molecular formula is C19H20ClNO2. The van der Waals surface area contributed by atoms with Gasteiger partial charge in [0.1, 0.15) is 5.75 Å². The van der Waals surface area contributed by atoms with Crippen molar-refractivity contribution < 1.29 is 9.53 Å². The monoisotopic (exact) mass is 329 g/mol. The summed E-state index contributed by atoms with van der Waals surface area (Å²) in [4.78, 5) is 12.4. The fraction of sp³-hybridized carbons (Fsp3) is 0.316. The van der Waals surface area contributed by atoms with E-state index < -0.39 is 0 Å². The maximum absolute atomic E-state index is 12.4. The van der Waals surface area contributed by atoms with E-state index in [2.05, 4.69) is 19.2 Å². The smallest absolute Gasteiger partial charge is 0.251 e. The van der Waals surface area contributed by atoms with Crippen molar-refractivity contribution in [3.63, 3.8) is 0 Å². The molecule has 1 N–H and O–H groups in total. The summed E-state index contributed by atoms with van der Waals surface area (Å²) in [6.45, 7) is 4.34. The molecule has 1 amide bonds. The molecule has 0 radical (unpaired) electrons. The van der Waals surface area contributed by atoms with Gasteiger partial charge in [0.2, 0.25) is 0 Å². The molecule has 120 valence electrons. The van der Waals surface area contributed by atoms with Gasteiger partial charge in [-0.3, -0.25) is 4.79 Å². The second-order valence-corrected chi connectivity index (χ2v) is 6.97. The summed E-state index contributed by atoms with van der Waals surface area (Å²) in [5.41, 5.74) is 1.89. The van der Waals surface area contributed by atoms with Crippen LogP contribution in [-0.2, 0) is 0 Å². The lowest BCUT2D eigenvalue weighted by Crippen LogP contribution is -2.28. The van der Waals surface area contributed by atoms with Gasteiger partial charge in [-0.1, -0.05) is 37.6 Å². The highest BCUT2D eigenvalue weighted by molar-refractivity contribution is 6.30. The molecule has 3 nitrogen and oxygen atoms in total. The lowest BCUT2D eigenvalue weighted by atomic mass is 10.0. The number of amides is 1. The van der Waals surface area contributed by atoms with Crippen LogP contribution < -0.4 is 10.1 Å². The number of hydrogen-bond donors (Lipinski definition) is 1. The molecule has 1 aliphatic rings. The van der Waals surface area contributed by atoms with Gasteiger partial charge in [-0.05, 0) is 47.4 Å². The third-order valence-corrected chi connectivity index (χ3v) is 4.95. The van der Waals surface area contributed by atoms with Crippen LogP contribution in [0, 0.1) is 5.41 Å². The third-order valence-electron chi connectivity index (χ3n) is 4.70. The predicted molar refractivity (Wildman–Crippen MR) is 92.2 cm³/mol. The molecule has 2 aromatic carbocycles. The van der Waals surface area contributed by atoms with Crippen LogP contribution in [0.1, 0.15) is 35.7 Å². The summed E-state index contributed by atoms with van der Waals surface area (Å²) in [6.07, 6.45) is 0. The van der Waals surface area contributed by atoms with E-state index >= 15 is 0 Å². The lowest BCUT2D eigenvalue weighted by Gasteiger charge is -2.07. The number of carbonyl (C=O) groups excluding carboxylic acids is 1. The molecule has 0 aliphatic heterocycles. The first-order valence-corrected chi connectivity index (χ1v) is 8.01. The molecule has 0 spiro atoms. The number of carbonyl (C=O) groups is 1. The lowest BCUT2D eigenvalue weighted by molar-refractivity contribution is 0.0946. The second kappa shape index (κ2) is 5.89. The Morgan fingerprint density at radius 1 is 1.09 bits per heavy atom. The van der Waals surface area contributed by atoms with Gasteiger partial charge in [0.25, 0.3) is 5.91 Å². The van der Waals surface area contributed by atoms with Crippen molar-refractivity contribution in [3.8, 4) is 5.75 Å². The Balaban J connectivity index is 1.72. The van der Waals surface area contributed by atoms with Crippen LogP contribution in [0.2, 0.25) is 5.02 Å². The van der Waals surface area contributed by atoms with Crippen LogP contribution in [0.25, 0.3) is 0 Å². The number of ether oxygens (including phenoxy) is 1. The van der Waals surface area contributed by atoms with Crippen molar-refractivity contribution in [2.45, 2.75) is 25.8 Å². The van der Waals surface area contributed by atoms with E-state index in [-0.39, 0.29) is 17.4 Å². The van der Waals surface area contributed by atoms with E-state index in [9.17, 15) is 4.79 Å². The average molecular weight is 330 g/mol. The highest BCUT2D eigenvalue weighted by atomic mass is 35.5. The second-order valence-electron chi connectivity index (χ2n) is 6.53. The fourth-order valence-electron chi connectivity index (χ4n) is 3.17. The topological polar surface area (TPSA) is 38.3 Å².